The van der Waals surface area contributed by atoms with Crippen molar-refractivity contribution in [2.45, 2.75) is 9.79 Å². The molecule has 7 heteroatoms. The van der Waals surface area contributed by atoms with E-state index in [9.17, 15) is 12.8 Å². The maximum absolute atomic E-state index is 13.6. The van der Waals surface area contributed by atoms with E-state index in [1.807, 2.05) is 12.1 Å². The summed E-state index contributed by atoms with van der Waals surface area (Å²) in [6, 6.07) is 15.4. The van der Waals surface area contributed by atoms with Crippen LogP contribution in [0.25, 0.3) is 0 Å². The standard InChI is InChI=1S/C18H21FN2O2S2/c19-17-8-4-5-9-18(17)24-15-14-20-10-12-21(13-11-20)25(22,23)16-6-2-1-3-7-16/h1-9H,10-15H2/p+1. The van der Waals surface area contributed by atoms with Gasteiger partial charge in [0.1, 0.15) is 5.82 Å². The van der Waals surface area contributed by atoms with E-state index in [4.69, 9.17) is 0 Å². The first-order valence-electron chi connectivity index (χ1n) is 8.33. The molecule has 0 spiro atoms. The first-order chi connectivity index (χ1) is 12.1. The lowest BCUT2D eigenvalue weighted by atomic mass is 10.3. The summed E-state index contributed by atoms with van der Waals surface area (Å²) in [5, 5.41) is 0. The molecule has 1 N–H and O–H groups in total. The number of nitrogens with zero attached hydrogens (tertiary/aromatic N) is 1. The fourth-order valence-corrected chi connectivity index (χ4v) is 5.36. The summed E-state index contributed by atoms with van der Waals surface area (Å²) in [6.07, 6.45) is 0. The lowest BCUT2D eigenvalue weighted by Crippen LogP contribution is -3.15. The number of nitrogens with one attached hydrogen (secondary N) is 1. The molecule has 1 aliphatic heterocycles. The maximum atomic E-state index is 13.6. The maximum Gasteiger partial charge on any atom is 0.243 e. The van der Waals surface area contributed by atoms with E-state index in [0.29, 0.717) is 22.9 Å². The predicted octanol–water partition coefficient (Wildman–Crippen LogP) is 1.51. The molecule has 1 aliphatic rings. The second-order valence-corrected chi connectivity index (χ2v) is 9.07. The molecule has 4 nitrogen and oxygen atoms in total. The first kappa shape index (κ1) is 18.4. The predicted molar refractivity (Wildman–Crippen MR) is 97.9 cm³/mol. The highest BCUT2D eigenvalue weighted by Crippen LogP contribution is 2.20. The normalized spacial score (nSPS) is 16.8. The molecule has 1 heterocycles. The van der Waals surface area contributed by atoms with Gasteiger partial charge in [-0.1, -0.05) is 30.3 Å². The van der Waals surface area contributed by atoms with Crippen LogP contribution in [-0.2, 0) is 10.0 Å². The molecule has 2 aromatic rings. The van der Waals surface area contributed by atoms with Crippen LogP contribution in [0, 0.1) is 5.82 Å². The molecule has 0 saturated carbocycles. The Kier molecular flexibility index (Phi) is 6.11. The topological polar surface area (TPSA) is 41.8 Å². The molecule has 0 aliphatic carbocycles. The number of hydrogen-bond donors (Lipinski definition) is 1. The van der Waals surface area contributed by atoms with Gasteiger partial charge in [0.15, 0.2) is 0 Å². The van der Waals surface area contributed by atoms with Crippen molar-refractivity contribution in [2.75, 3.05) is 38.5 Å². The van der Waals surface area contributed by atoms with E-state index in [0.717, 1.165) is 25.4 Å². The molecule has 2 aromatic carbocycles. The number of benzene rings is 2. The third-order valence-corrected chi connectivity index (χ3v) is 7.32. The summed E-state index contributed by atoms with van der Waals surface area (Å²) in [4.78, 5) is 2.39. The van der Waals surface area contributed by atoms with Gasteiger partial charge < -0.3 is 4.90 Å². The molecule has 0 atom stereocenters. The van der Waals surface area contributed by atoms with E-state index in [1.54, 1.807) is 40.7 Å². The fourth-order valence-electron chi connectivity index (χ4n) is 2.90. The summed E-state index contributed by atoms with van der Waals surface area (Å²) in [6.45, 7) is 3.51. The average molecular weight is 382 g/mol. The molecular formula is C18H22FN2O2S2+. The Bertz CT molecular complexity index is 792. The fraction of sp³-hybridized carbons (Fsp3) is 0.333. The van der Waals surface area contributed by atoms with Crippen LogP contribution in [0.1, 0.15) is 0 Å². The van der Waals surface area contributed by atoms with Crippen molar-refractivity contribution < 1.29 is 17.7 Å². The molecule has 0 aromatic heterocycles. The molecule has 0 bridgehead atoms. The Morgan fingerprint density at radius 2 is 1.64 bits per heavy atom. The highest BCUT2D eigenvalue weighted by atomic mass is 32.2. The number of sulfonamides is 1. The van der Waals surface area contributed by atoms with Crippen LogP contribution in [0.4, 0.5) is 4.39 Å². The van der Waals surface area contributed by atoms with E-state index in [-0.39, 0.29) is 5.82 Å². The number of quaternary nitrogens is 1. The summed E-state index contributed by atoms with van der Waals surface area (Å²) >= 11 is 1.52. The van der Waals surface area contributed by atoms with Gasteiger partial charge in [0.05, 0.1) is 37.6 Å². The van der Waals surface area contributed by atoms with E-state index in [2.05, 4.69) is 0 Å². The van der Waals surface area contributed by atoms with E-state index < -0.39 is 10.0 Å². The Balaban J connectivity index is 1.48. The van der Waals surface area contributed by atoms with Crippen LogP contribution in [-0.4, -0.2) is 51.2 Å². The summed E-state index contributed by atoms with van der Waals surface area (Å²) in [5.41, 5.74) is 0. The van der Waals surface area contributed by atoms with Crippen molar-refractivity contribution in [1.82, 2.24) is 4.31 Å². The zero-order valence-electron chi connectivity index (χ0n) is 13.9. The van der Waals surface area contributed by atoms with Gasteiger partial charge in [-0.2, -0.15) is 4.31 Å². The quantitative estimate of drug-likeness (QED) is 0.772. The highest BCUT2D eigenvalue weighted by Gasteiger charge is 2.29. The van der Waals surface area contributed by atoms with Crippen LogP contribution in [0.2, 0.25) is 0 Å². The van der Waals surface area contributed by atoms with Crippen molar-refractivity contribution in [3.8, 4) is 0 Å². The highest BCUT2D eigenvalue weighted by molar-refractivity contribution is 7.99. The van der Waals surface area contributed by atoms with Gasteiger partial charge in [-0.05, 0) is 24.3 Å². The van der Waals surface area contributed by atoms with Crippen LogP contribution in [0.5, 0.6) is 0 Å². The van der Waals surface area contributed by atoms with Gasteiger partial charge in [0.25, 0.3) is 0 Å². The van der Waals surface area contributed by atoms with Gasteiger partial charge in [-0.15, -0.1) is 11.8 Å². The number of piperazine rings is 1. The second kappa shape index (κ2) is 8.31. The number of hydrogen-bond acceptors (Lipinski definition) is 3. The molecule has 1 fully saturated rings. The third-order valence-electron chi connectivity index (χ3n) is 4.36. The van der Waals surface area contributed by atoms with Crippen LogP contribution < -0.4 is 4.90 Å². The second-order valence-electron chi connectivity index (χ2n) is 6.00. The Morgan fingerprint density at radius 3 is 2.32 bits per heavy atom. The Labute approximate surface area is 152 Å². The SMILES string of the molecule is O=S(=O)(c1ccccc1)N1CC[NH+](CCSc2ccccc2F)CC1. The smallest absolute Gasteiger partial charge is 0.243 e. The largest absolute Gasteiger partial charge is 0.332 e. The van der Waals surface area contributed by atoms with Gasteiger partial charge in [0.2, 0.25) is 10.0 Å². The summed E-state index contributed by atoms with van der Waals surface area (Å²) in [5.74, 6) is 0.642. The molecular weight excluding hydrogens is 359 g/mol. The minimum Gasteiger partial charge on any atom is -0.332 e. The van der Waals surface area contributed by atoms with Gasteiger partial charge in [-0.25, -0.2) is 12.8 Å². The lowest BCUT2D eigenvalue weighted by Gasteiger charge is -2.31. The van der Waals surface area contributed by atoms with Crippen molar-refractivity contribution in [3.05, 3.63) is 60.4 Å². The average Bonchev–Trinajstić information content (AvgIpc) is 2.64. The third kappa shape index (κ3) is 4.61. The number of rotatable bonds is 6. The lowest BCUT2D eigenvalue weighted by molar-refractivity contribution is -0.901. The monoisotopic (exact) mass is 381 g/mol. The zero-order chi connectivity index (χ0) is 17.7. The van der Waals surface area contributed by atoms with Crippen molar-refractivity contribution in [1.29, 1.82) is 0 Å². The Hall–Kier alpha value is -1.41. The number of halogens is 1. The van der Waals surface area contributed by atoms with Gasteiger partial charge in [0, 0.05) is 10.6 Å². The summed E-state index contributed by atoms with van der Waals surface area (Å²) < 4.78 is 40.4. The molecule has 0 unspecified atom stereocenters. The van der Waals surface area contributed by atoms with Gasteiger partial charge >= 0.3 is 0 Å². The van der Waals surface area contributed by atoms with Crippen LogP contribution in [0.3, 0.4) is 0 Å². The van der Waals surface area contributed by atoms with Crippen LogP contribution in [0.15, 0.2) is 64.4 Å². The van der Waals surface area contributed by atoms with Crippen LogP contribution >= 0.6 is 11.8 Å². The first-order valence-corrected chi connectivity index (χ1v) is 10.8. The molecule has 134 valence electrons. The Morgan fingerprint density at radius 1 is 1.00 bits per heavy atom. The molecule has 0 amide bonds. The minimum atomic E-state index is -3.39. The molecule has 0 radical (unpaired) electrons. The van der Waals surface area contributed by atoms with Crippen molar-refractivity contribution >= 4 is 21.8 Å². The molecule has 3 rings (SSSR count). The minimum absolute atomic E-state index is 0.179. The summed E-state index contributed by atoms with van der Waals surface area (Å²) in [7, 11) is -3.39. The van der Waals surface area contributed by atoms with Crippen molar-refractivity contribution in [3.63, 3.8) is 0 Å². The molecule has 1 saturated heterocycles. The number of thioether (sulfide) groups is 1. The molecule has 25 heavy (non-hydrogen) atoms. The van der Waals surface area contributed by atoms with E-state index >= 15 is 0 Å². The van der Waals surface area contributed by atoms with Crippen molar-refractivity contribution in [2.24, 2.45) is 0 Å². The zero-order valence-corrected chi connectivity index (χ0v) is 15.5. The van der Waals surface area contributed by atoms with Gasteiger partial charge in [-0.3, -0.25) is 0 Å². The van der Waals surface area contributed by atoms with E-state index in [1.165, 1.54) is 22.7 Å².